The van der Waals surface area contributed by atoms with Crippen LogP contribution in [0.4, 0.5) is 0 Å². The summed E-state index contributed by atoms with van der Waals surface area (Å²) in [5.74, 6) is 2.53. The highest BCUT2D eigenvalue weighted by Gasteiger charge is 2.34. The van der Waals surface area contributed by atoms with Crippen LogP contribution in [0.25, 0.3) is 0 Å². The summed E-state index contributed by atoms with van der Waals surface area (Å²) in [5, 5.41) is 9.18. The van der Waals surface area contributed by atoms with Crippen LogP contribution in [-0.4, -0.2) is 38.8 Å². The van der Waals surface area contributed by atoms with E-state index < -0.39 is 0 Å². The molecule has 1 aromatic rings. The first-order valence-electron chi connectivity index (χ1n) is 6.26. The van der Waals surface area contributed by atoms with Gasteiger partial charge >= 0.3 is 0 Å². The summed E-state index contributed by atoms with van der Waals surface area (Å²) >= 11 is 7.84. The predicted octanol–water partition coefficient (Wildman–Crippen LogP) is 3.07. The van der Waals surface area contributed by atoms with E-state index in [1.807, 2.05) is 17.9 Å². The van der Waals surface area contributed by atoms with Crippen LogP contribution in [0, 0.1) is 0 Å². The molecule has 3 nitrogen and oxygen atoms in total. The van der Waals surface area contributed by atoms with Crippen molar-refractivity contribution in [3.05, 3.63) is 16.4 Å². The van der Waals surface area contributed by atoms with Gasteiger partial charge in [-0.05, 0) is 29.4 Å². The standard InChI is InChI=1S/C12H20BrN3S2/c1-4-9-12(18-6-5-17-9)10(14-2)11-8(13)7-15-16(11)3/h7,9-10,12,14H,4-6H2,1-3H3. The quantitative estimate of drug-likeness (QED) is 0.904. The molecule has 0 amide bonds. The second-order valence-electron chi connectivity index (χ2n) is 4.42. The monoisotopic (exact) mass is 349 g/mol. The van der Waals surface area contributed by atoms with Gasteiger partial charge in [0.25, 0.3) is 0 Å². The minimum atomic E-state index is 0.356. The Morgan fingerprint density at radius 2 is 2.28 bits per heavy atom. The molecular weight excluding hydrogens is 330 g/mol. The fourth-order valence-electron chi connectivity index (χ4n) is 2.47. The van der Waals surface area contributed by atoms with E-state index in [9.17, 15) is 0 Å². The topological polar surface area (TPSA) is 29.9 Å². The number of halogens is 1. The van der Waals surface area contributed by atoms with Crippen LogP contribution in [0.15, 0.2) is 10.7 Å². The lowest BCUT2D eigenvalue weighted by Crippen LogP contribution is -2.38. The molecule has 3 atom stereocenters. The smallest absolute Gasteiger partial charge is 0.0704 e. The Labute approximate surface area is 126 Å². The third-order valence-corrected chi connectivity index (χ3v) is 7.33. The van der Waals surface area contributed by atoms with Crippen LogP contribution in [0.2, 0.25) is 0 Å². The van der Waals surface area contributed by atoms with Crippen molar-refractivity contribution in [3.8, 4) is 0 Å². The summed E-state index contributed by atoms with van der Waals surface area (Å²) in [6.45, 7) is 2.29. The summed E-state index contributed by atoms with van der Waals surface area (Å²) < 4.78 is 3.09. The fourth-order valence-corrected chi connectivity index (χ4v) is 6.33. The Hall–Kier alpha value is 0.350. The van der Waals surface area contributed by atoms with Gasteiger partial charge in [-0.2, -0.15) is 28.6 Å². The molecule has 0 aromatic carbocycles. The first kappa shape index (κ1) is 14.8. The van der Waals surface area contributed by atoms with Gasteiger partial charge in [0, 0.05) is 29.1 Å². The van der Waals surface area contributed by atoms with Crippen LogP contribution >= 0.6 is 39.5 Å². The van der Waals surface area contributed by atoms with Crippen molar-refractivity contribution in [3.63, 3.8) is 0 Å². The van der Waals surface area contributed by atoms with Gasteiger partial charge in [0.15, 0.2) is 0 Å². The second-order valence-corrected chi connectivity index (χ2v) is 7.91. The number of nitrogens with one attached hydrogen (secondary N) is 1. The number of aromatic nitrogens is 2. The number of hydrogen-bond acceptors (Lipinski definition) is 4. The van der Waals surface area contributed by atoms with Gasteiger partial charge in [-0.1, -0.05) is 6.92 Å². The Balaban J connectivity index is 2.27. The molecule has 6 heteroatoms. The Morgan fingerprint density at radius 3 is 2.83 bits per heavy atom. The zero-order chi connectivity index (χ0) is 13.1. The lowest BCUT2D eigenvalue weighted by Gasteiger charge is -2.36. The molecule has 1 saturated heterocycles. The van der Waals surface area contributed by atoms with E-state index in [-0.39, 0.29) is 0 Å². The fraction of sp³-hybridized carbons (Fsp3) is 0.750. The van der Waals surface area contributed by atoms with Crippen molar-refractivity contribution in [2.24, 2.45) is 7.05 Å². The molecule has 1 aromatic heterocycles. The average Bonchev–Trinajstić information content (AvgIpc) is 2.72. The third-order valence-electron chi connectivity index (χ3n) is 3.37. The average molecular weight is 350 g/mol. The van der Waals surface area contributed by atoms with Crippen molar-refractivity contribution in [1.82, 2.24) is 15.1 Å². The van der Waals surface area contributed by atoms with Gasteiger partial charge in [-0.25, -0.2) is 0 Å². The van der Waals surface area contributed by atoms with Gasteiger partial charge in [0.05, 0.1) is 22.4 Å². The number of hydrogen-bond donors (Lipinski definition) is 1. The summed E-state index contributed by atoms with van der Waals surface area (Å²) in [7, 11) is 4.07. The van der Waals surface area contributed by atoms with Crippen LogP contribution in [-0.2, 0) is 7.05 Å². The highest BCUT2D eigenvalue weighted by molar-refractivity contribution is 9.10. The Morgan fingerprint density at radius 1 is 1.56 bits per heavy atom. The molecule has 3 unspecified atom stereocenters. The van der Waals surface area contributed by atoms with Crippen LogP contribution in [0.1, 0.15) is 25.1 Å². The van der Waals surface area contributed by atoms with Gasteiger partial charge in [0.1, 0.15) is 0 Å². The SMILES string of the molecule is CCC1SCCSC1C(NC)c1c(Br)cnn1C. The van der Waals surface area contributed by atoms with E-state index in [4.69, 9.17) is 0 Å². The maximum atomic E-state index is 4.34. The molecule has 0 bridgehead atoms. The third kappa shape index (κ3) is 2.92. The minimum absolute atomic E-state index is 0.356. The maximum Gasteiger partial charge on any atom is 0.0704 e. The largest absolute Gasteiger partial charge is 0.311 e. The van der Waals surface area contributed by atoms with Gasteiger partial charge < -0.3 is 5.32 Å². The maximum absolute atomic E-state index is 4.34. The number of aryl methyl sites for hydroxylation is 1. The van der Waals surface area contributed by atoms with E-state index in [0.717, 1.165) is 9.72 Å². The number of thioether (sulfide) groups is 2. The molecule has 0 aliphatic carbocycles. The highest BCUT2D eigenvalue weighted by atomic mass is 79.9. The van der Waals surface area contributed by atoms with Crippen molar-refractivity contribution in [1.29, 1.82) is 0 Å². The predicted molar refractivity (Wildman–Crippen MR) is 85.5 cm³/mol. The molecule has 0 spiro atoms. The summed E-state index contributed by atoms with van der Waals surface area (Å²) in [5.41, 5.74) is 1.26. The molecule has 1 aliphatic rings. The molecule has 2 rings (SSSR count). The van der Waals surface area contributed by atoms with Crippen molar-refractivity contribution < 1.29 is 0 Å². The van der Waals surface area contributed by atoms with Crippen LogP contribution in [0.3, 0.4) is 0 Å². The zero-order valence-electron chi connectivity index (χ0n) is 11.0. The van der Waals surface area contributed by atoms with E-state index in [1.54, 1.807) is 0 Å². The van der Waals surface area contributed by atoms with Gasteiger partial charge in [-0.15, -0.1) is 0 Å². The molecule has 1 fully saturated rings. The molecule has 1 N–H and O–H groups in total. The van der Waals surface area contributed by atoms with E-state index in [2.05, 4.69) is 63.8 Å². The summed E-state index contributed by atoms with van der Waals surface area (Å²) in [6.07, 6.45) is 3.12. The van der Waals surface area contributed by atoms with E-state index in [0.29, 0.717) is 11.3 Å². The van der Waals surface area contributed by atoms with Crippen molar-refractivity contribution in [2.75, 3.05) is 18.6 Å². The van der Waals surface area contributed by atoms with E-state index >= 15 is 0 Å². The Bertz CT molecular complexity index is 377. The molecule has 2 heterocycles. The molecule has 18 heavy (non-hydrogen) atoms. The van der Waals surface area contributed by atoms with E-state index in [1.165, 1.54) is 23.6 Å². The lowest BCUT2D eigenvalue weighted by molar-refractivity contribution is 0.503. The lowest BCUT2D eigenvalue weighted by atomic mass is 10.1. The second kappa shape index (κ2) is 6.68. The Kier molecular flexibility index (Phi) is 5.47. The molecule has 0 saturated carbocycles. The van der Waals surface area contributed by atoms with Gasteiger partial charge in [-0.3, -0.25) is 4.68 Å². The normalized spacial score (nSPS) is 26.2. The van der Waals surface area contributed by atoms with Crippen molar-refractivity contribution in [2.45, 2.75) is 29.9 Å². The zero-order valence-corrected chi connectivity index (χ0v) is 14.2. The molecule has 0 radical (unpaired) electrons. The minimum Gasteiger partial charge on any atom is -0.311 e. The number of rotatable bonds is 4. The van der Waals surface area contributed by atoms with Crippen LogP contribution in [0.5, 0.6) is 0 Å². The first-order valence-corrected chi connectivity index (χ1v) is 9.16. The van der Waals surface area contributed by atoms with Gasteiger partial charge in [0.2, 0.25) is 0 Å². The summed E-state index contributed by atoms with van der Waals surface area (Å²) in [4.78, 5) is 0. The van der Waals surface area contributed by atoms with Crippen molar-refractivity contribution >= 4 is 39.5 Å². The highest BCUT2D eigenvalue weighted by Crippen LogP contribution is 2.41. The van der Waals surface area contributed by atoms with Crippen LogP contribution < -0.4 is 5.32 Å². The molecule has 102 valence electrons. The first-order chi connectivity index (χ1) is 8.69. The molecule has 1 aliphatic heterocycles. The number of nitrogens with zero attached hydrogens (tertiary/aromatic N) is 2. The summed E-state index contributed by atoms with van der Waals surface area (Å²) in [6, 6.07) is 0.356. The molecular formula is C12H20BrN3S2.